The summed E-state index contributed by atoms with van der Waals surface area (Å²) in [5, 5.41) is 14.4. The lowest BCUT2D eigenvalue weighted by Gasteiger charge is -2.04. The molecule has 1 amide bonds. The van der Waals surface area contributed by atoms with Crippen molar-refractivity contribution in [2.75, 3.05) is 6.61 Å². The summed E-state index contributed by atoms with van der Waals surface area (Å²) in [7, 11) is 0. The molecule has 118 valence electrons. The summed E-state index contributed by atoms with van der Waals surface area (Å²) in [6.07, 6.45) is 1.32. The van der Waals surface area contributed by atoms with Gasteiger partial charge in [-0.1, -0.05) is 28.1 Å². The number of nitrogens with zero attached hydrogens (tertiary/aromatic N) is 2. The molecule has 0 fully saturated rings. The van der Waals surface area contributed by atoms with Gasteiger partial charge < -0.3 is 4.74 Å². The second-order valence-electron chi connectivity index (χ2n) is 4.39. The summed E-state index contributed by atoms with van der Waals surface area (Å²) in [5.74, 6) is 0.126. The van der Waals surface area contributed by atoms with E-state index >= 15 is 0 Å². The molecule has 0 aliphatic rings. The highest BCUT2D eigenvalue weighted by Crippen LogP contribution is 2.15. The van der Waals surface area contributed by atoms with E-state index < -0.39 is 10.8 Å². The van der Waals surface area contributed by atoms with E-state index in [-0.39, 0.29) is 12.3 Å². The molecule has 0 aromatic heterocycles. The molecule has 1 N–H and O–H groups in total. The highest BCUT2D eigenvalue weighted by atomic mass is 79.9. The summed E-state index contributed by atoms with van der Waals surface area (Å²) in [4.78, 5) is 21.7. The first-order valence-electron chi connectivity index (χ1n) is 6.49. The lowest BCUT2D eigenvalue weighted by molar-refractivity contribution is -0.384. The molecule has 23 heavy (non-hydrogen) atoms. The van der Waals surface area contributed by atoms with Crippen molar-refractivity contribution in [1.29, 1.82) is 0 Å². The second kappa shape index (κ2) is 8.04. The highest BCUT2D eigenvalue weighted by Gasteiger charge is 2.04. The number of halogens is 1. The number of carbonyl (C=O) groups is 1. The molecule has 8 heteroatoms. The van der Waals surface area contributed by atoms with Gasteiger partial charge in [0, 0.05) is 22.2 Å². The van der Waals surface area contributed by atoms with Crippen LogP contribution in [0.2, 0.25) is 0 Å². The molecule has 0 unspecified atom stereocenters. The highest BCUT2D eigenvalue weighted by molar-refractivity contribution is 9.10. The van der Waals surface area contributed by atoms with Crippen molar-refractivity contribution < 1.29 is 14.5 Å². The van der Waals surface area contributed by atoms with Gasteiger partial charge >= 0.3 is 0 Å². The van der Waals surface area contributed by atoms with Crippen LogP contribution < -0.4 is 10.2 Å². The summed E-state index contributed by atoms with van der Waals surface area (Å²) in [6.45, 7) is -0.187. The van der Waals surface area contributed by atoms with Crippen LogP contribution in [0.15, 0.2) is 58.1 Å². The molecule has 0 saturated heterocycles. The summed E-state index contributed by atoms with van der Waals surface area (Å²) in [6, 6.07) is 13.0. The van der Waals surface area contributed by atoms with E-state index in [9.17, 15) is 14.9 Å². The number of hydrogen-bond donors (Lipinski definition) is 1. The van der Waals surface area contributed by atoms with Gasteiger partial charge in [0.05, 0.1) is 11.1 Å². The topological polar surface area (TPSA) is 93.8 Å². The van der Waals surface area contributed by atoms with Crippen LogP contribution in [0, 0.1) is 10.1 Å². The Balaban J connectivity index is 1.83. The maximum atomic E-state index is 11.6. The van der Waals surface area contributed by atoms with E-state index in [1.165, 1.54) is 24.4 Å². The molecule has 7 nitrogen and oxygen atoms in total. The van der Waals surface area contributed by atoms with Crippen molar-refractivity contribution >= 4 is 33.7 Å². The number of non-ortho nitro benzene ring substituents is 1. The molecule has 0 aliphatic carbocycles. The fraction of sp³-hybridized carbons (Fsp3) is 0.0667. The minimum Gasteiger partial charge on any atom is -0.484 e. The van der Waals surface area contributed by atoms with Gasteiger partial charge in [-0.25, -0.2) is 5.43 Å². The van der Waals surface area contributed by atoms with Gasteiger partial charge in [-0.15, -0.1) is 0 Å². The standard InChI is InChI=1S/C15H12BrN3O4/c16-12-4-6-14(7-5-12)23-10-15(20)18-17-9-11-2-1-3-13(8-11)19(21)22/h1-9H,10H2,(H,18,20)/b17-9-. The van der Waals surface area contributed by atoms with E-state index in [1.54, 1.807) is 30.3 Å². The smallest absolute Gasteiger partial charge is 0.277 e. The van der Waals surface area contributed by atoms with Crippen molar-refractivity contribution in [1.82, 2.24) is 5.43 Å². The van der Waals surface area contributed by atoms with Crippen LogP contribution in [0.3, 0.4) is 0 Å². The lowest BCUT2D eigenvalue weighted by atomic mass is 10.2. The Kier molecular flexibility index (Phi) is 5.81. The van der Waals surface area contributed by atoms with Crippen LogP contribution in [-0.4, -0.2) is 23.7 Å². The number of hydrazone groups is 1. The molecule has 0 atom stereocenters. The first-order chi connectivity index (χ1) is 11.0. The molecule has 0 radical (unpaired) electrons. The van der Waals surface area contributed by atoms with Gasteiger partial charge in [-0.05, 0) is 24.3 Å². The lowest BCUT2D eigenvalue weighted by Crippen LogP contribution is -2.24. The first-order valence-corrected chi connectivity index (χ1v) is 7.28. The second-order valence-corrected chi connectivity index (χ2v) is 5.30. The number of rotatable bonds is 6. The number of benzene rings is 2. The average Bonchev–Trinajstić information content (AvgIpc) is 2.54. The number of carbonyl (C=O) groups excluding carboxylic acids is 1. The zero-order valence-corrected chi connectivity index (χ0v) is 13.4. The number of ether oxygens (including phenoxy) is 1. The minimum absolute atomic E-state index is 0.0427. The Morgan fingerprint density at radius 1 is 1.30 bits per heavy atom. The monoisotopic (exact) mass is 377 g/mol. The third-order valence-electron chi connectivity index (χ3n) is 2.67. The van der Waals surface area contributed by atoms with Crippen molar-refractivity contribution in [2.24, 2.45) is 5.10 Å². The Bertz CT molecular complexity index is 732. The Morgan fingerprint density at radius 2 is 2.04 bits per heavy atom. The van der Waals surface area contributed by atoms with E-state index in [0.717, 1.165) is 4.47 Å². The summed E-state index contributed by atoms with van der Waals surface area (Å²) >= 11 is 3.30. The Labute approximate surface area is 140 Å². The largest absolute Gasteiger partial charge is 0.484 e. The number of nitrogens with one attached hydrogen (secondary N) is 1. The van der Waals surface area contributed by atoms with Crippen molar-refractivity contribution in [3.05, 3.63) is 68.7 Å². The fourth-order valence-corrected chi connectivity index (χ4v) is 1.87. The molecule has 2 aromatic carbocycles. The van der Waals surface area contributed by atoms with Gasteiger partial charge in [0.2, 0.25) is 0 Å². The van der Waals surface area contributed by atoms with E-state index in [2.05, 4.69) is 26.5 Å². The number of nitro benzene ring substituents is 1. The van der Waals surface area contributed by atoms with Crippen LogP contribution in [0.25, 0.3) is 0 Å². The maximum absolute atomic E-state index is 11.6. The number of amides is 1. The van der Waals surface area contributed by atoms with Gasteiger partial charge in [0.15, 0.2) is 6.61 Å². The van der Waals surface area contributed by atoms with Crippen LogP contribution in [0.4, 0.5) is 5.69 Å². The average molecular weight is 378 g/mol. The van der Waals surface area contributed by atoms with Crippen molar-refractivity contribution in [3.8, 4) is 5.75 Å². The van der Waals surface area contributed by atoms with E-state index in [1.807, 2.05) is 0 Å². The van der Waals surface area contributed by atoms with Gasteiger partial charge in [0.25, 0.3) is 11.6 Å². The SMILES string of the molecule is O=C(COc1ccc(Br)cc1)N/N=C\c1cccc([N+](=O)[O-])c1. The van der Waals surface area contributed by atoms with E-state index in [4.69, 9.17) is 4.74 Å². The molecule has 0 saturated carbocycles. The normalized spacial score (nSPS) is 10.5. The molecular formula is C15H12BrN3O4. The van der Waals surface area contributed by atoms with Crippen molar-refractivity contribution in [2.45, 2.75) is 0 Å². The Hall–Kier alpha value is -2.74. The zero-order chi connectivity index (χ0) is 16.7. The van der Waals surface area contributed by atoms with E-state index in [0.29, 0.717) is 11.3 Å². The number of hydrogen-bond acceptors (Lipinski definition) is 5. The molecule has 2 aromatic rings. The third-order valence-corrected chi connectivity index (χ3v) is 3.20. The molecular weight excluding hydrogens is 366 g/mol. The number of nitro groups is 1. The summed E-state index contributed by atoms with van der Waals surface area (Å²) in [5.41, 5.74) is 2.75. The molecule has 2 rings (SSSR count). The summed E-state index contributed by atoms with van der Waals surface area (Å²) < 4.78 is 6.19. The molecule has 0 spiro atoms. The van der Waals surface area contributed by atoms with Gasteiger partial charge in [-0.2, -0.15) is 5.10 Å². The van der Waals surface area contributed by atoms with Gasteiger partial charge in [-0.3, -0.25) is 14.9 Å². The van der Waals surface area contributed by atoms with Crippen LogP contribution >= 0.6 is 15.9 Å². The van der Waals surface area contributed by atoms with Crippen molar-refractivity contribution in [3.63, 3.8) is 0 Å². The van der Waals surface area contributed by atoms with Gasteiger partial charge in [0.1, 0.15) is 5.75 Å². The van der Waals surface area contributed by atoms with Crippen LogP contribution in [0.5, 0.6) is 5.75 Å². The predicted octanol–water partition coefficient (Wildman–Crippen LogP) is 2.89. The zero-order valence-electron chi connectivity index (χ0n) is 11.8. The third kappa shape index (κ3) is 5.51. The molecule has 0 bridgehead atoms. The van der Waals surface area contributed by atoms with Crippen LogP contribution in [0.1, 0.15) is 5.56 Å². The minimum atomic E-state index is -0.498. The predicted molar refractivity (Wildman–Crippen MR) is 88.5 cm³/mol. The fourth-order valence-electron chi connectivity index (χ4n) is 1.61. The Morgan fingerprint density at radius 3 is 2.74 bits per heavy atom. The maximum Gasteiger partial charge on any atom is 0.277 e. The first kappa shape index (κ1) is 16.6. The van der Waals surface area contributed by atoms with Crippen LogP contribution in [-0.2, 0) is 4.79 Å². The quantitative estimate of drug-likeness (QED) is 0.475. The molecule has 0 heterocycles. The molecule has 0 aliphatic heterocycles.